The number of halogens is 1. The molecule has 0 N–H and O–H groups in total. The minimum absolute atomic E-state index is 0.154. The molecule has 0 bridgehead atoms. The van der Waals surface area contributed by atoms with Crippen LogP contribution < -0.4 is 0 Å². The summed E-state index contributed by atoms with van der Waals surface area (Å²) >= 11 is 3.45. The summed E-state index contributed by atoms with van der Waals surface area (Å²) in [7, 11) is 2.12. The van der Waals surface area contributed by atoms with E-state index < -0.39 is 0 Å². The van der Waals surface area contributed by atoms with Crippen LogP contribution in [-0.2, 0) is 0 Å². The molecule has 1 unspecified atom stereocenters. The first-order valence-electron chi connectivity index (χ1n) is 6.74. The van der Waals surface area contributed by atoms with Gasteiger partial charge < -0.3 is 9.80 Å². The van der Waals surface area contributed by atoms with Crippen molar-refractivity contribution in [2.24, 2.45) is 0 Å². The minimum atomic E-state index is 0.154. The van der Waals surface area contributed by atoms with Crippen molar-refractivity contribution >= 4 is 21.8 Å². The van der Waals surface area contributed by atoms with E-state index in [2.05, 4.69) is 34.8 Å². The van der Waals surface area contributed by atoms with Crippen molar-refractivity contribution in [2.45, 2.75) is 26.3 Å². The van der Waals surface area contributed by atoms with Crippen LogP contribution in [0, 0.1) is 6.92 Å². The molecular weight excluding hydrogens is 304 g/mol. The third kappa shape index (κ3) is 3.37. The molecule has 0 aromatic heterocycles. The fourth-order valence-corrected chi connectivity index (χ4v) is 3.01. The second-order valence-corrected chi connectivity index (χ2v) is 6.34. The first-order chi connectivity index (χ1) is 8.99. The standard InChI is InChI=1S/C15H21BrN2O/c1-11-5-6-13(16)9-14(11)15(19)18-8-4-7-17(3)10-12(18)2/h5-6,9,12H,4,7-8,10H2,1-3H3. The van der Waals surface area contributed by atoms with Crippen molar-refractivity contribution in [3.63, 3.8) is 0 Å². The third-order valence-corrected chi connectivity index (χ3v) is 4.23. The topological polar surface area (TPSA) is 23.6 Å². The van der Waals surface area contributed by atoms with Gasteiger partial charge in [0.2, 0.25) is 0 Å². The van der Waals surface area contributed by atoms with Gasteiger partial charge >= 0.3 is 0 Å². The zero-order valence-electron chi connectivity index (χ0n) is 11.8. The van der Waals surface area contributed by atoms with Gasteiger partial charge in [0.05, 0.1) is 0 Å². The number of nitrogens with zero attached hydrogens (tertiary/aromatic N) is 2. The monoisotopic (exact) mass is 324 g/mol. The number of amides is 1. The Labute approximate surface area is 123 Å². The van der Waals surface area contributed by atoms with Crippen molar-refractivity contribution in [1.82, 2.24) is 9.80 Å². The van der Waals surface area contributed by atoms with Crippen molar-refractivity contribution < 1.29 is 4.79 Å². The summed E-state index contributed by atoms with van der Waals surface area (Å²) in [4.78, 5) is 17.0. The van der Waals surface area contributed by atoms with E-state index in [0.717, 1.165) is 41.7 Å². The number of rotatable bonds is 1. The maximum absolute atomic E-state index is 12.7. The smallest absolute Gasteiger partial charge is 0.254 e. The number of aryl methyl sites for hydroxylation is 1. The molecule has 3 nitrogen and oxygen atoms in total. The second-order valence-electron chi connectivity index (χ2n) is 5.42. The fourth-order valence-electron chi connectivity index (χ4n) is 2.65. The number of likely N-dealkylation sites (N-methyl/N-ethyl adjacent to an activating group) is 1. The molecule has 1 amide bonds. The van der Waals surface area contributed by atoms with E-state index in [4.69, 9.17) is 0 Å². The van der Waals surface area contributed by atoms with Gasteiger partial charge in [0, 0.05) is 29.2 Å². The van der Waals surface area contributed by atoms with Gasteiger partial charge in [0.25, 0.3) is 5.91 Å². The van der Waals surface area contributed by atoms with Crippen LogP contribution in [0.25, 0.3) is 0 Å². The summed E-state index contributed by atoms with van der Waals surface area (Å²) < 4.78 is 0.959. The summed E-state index contributed by atoms with van der Waals surface area (Å²) in [5.74, 6) is 0.154. The molecule has 0 saturated carbocycles. The summed E-state index contributed by atoms with van der Waals surface area (Å²) in [5, 5.41) is 0. The normalized spacial score (nSPS) is 21.3. The van der Waals surface area contributed by atoms with E-state index in [1.165, 1.54) is 0 Å². The van der Waals surface area contributed by atoms with E-state index in [9.17, 15) is 4.79 Å². The predicted octanol–water partition coefficient (Wildman–Crippen LogP) is 2.92. The molecule has 1 aliphatic heterocycles. The molecule has 0 radical (unpaired) electrons. The molecule has 1 fully saturated rings. The van der Waals surface area contributed by atoms with Gasteiger partial charge in [-0.25, -0.2) is 0 Å². The molecule has 1 aromatic carbocycles. The predicted molar refractivity (Wildman–Crippen MR) is 81.5 cm³/mol. The molecule has 19 heavy (non-hydrogen) atoms. The number of hydrogen-bond donors (Lipinski definition) is 0. The lowest BCUT2D eigenvalue weighted by atomic mass is 10.1. The van der Waals surface area contributed by atoms with Crippen LogP contribution in [0.2, 0.25) is 0 Å². The van der Waals surface area contributed by atoms with Crippen LogP contribution in [-0.4, -0.2) is 48.4 Å². The van der Waals surface area contributed by atoms with Crippen molar-refractivity contribution in [3.8, 4) is 0 Å². The van der Waals surface area contributed by atoms with Gasteiger partial charge in [-0.3, -0.25) is 4.79 Å². The van der Waals surface area contributed by atoms with Gasteiger partial charge in [-0.05, 0) is 51.6 Å². The Hall–Kier alpha value is -0.870. The molecule has 4 heteroatoms. The van der Waals surface area contributed by atoms with E-state index in [-0.39, 0.29) is 11.9 Å². The number of benzene rings is 1. The van der Waals surface area contributed by atoms with Crippen LogP contribution in [0.15, 0.2) is 22.7 Å². The Morgan fingerprint density at radius 2 is 2.11 bits per heavy atom. The Bertz CT molecular complexity index is 475. The Morgan fingerprint density at radius 1 is 1.37 bits per heavy atom. The molecular formula is C15H21BrN2O. The van der Waals surface area contributed by atoms with E-state index in [1.807, 2.05) is 30.0 Å². The zero-order valence-corrected chi connectivity index (χ0v) is 13.4. The molecule has 1 aliphatic rings. The highest BCUT2D eigenvalue weighted by molar-refractivity contribution is 9.10. The maximum Gasteiger partial charge on any atom is 0.254 e. The van der Waals surface area contributed by atoms with Crippen LogP contribution in [0.4, 0.5) is 0 Å². The summed E-state index contributed by atoms with van der Waals surface area (Å²) in [5.41, 5.74) is 1.85. The average molecular weight is 325 g/mol. The van der Waals surface area contributed by atoms with E-state index >= 15 is 0 Å². The van der Waals surface area contributed by atoms with Crippen LogP contribution in [0.3, 0.4) is 0 Å². The lowest BCUT2D eigenvalue weighted by Crippen LogP contribution is -2.42. The quantitative estimate of drug-likeness (QED) is 0.793. The molecule has 1 saturated heterocycles. The van der Waals surface area contributed by atoms with Crippen molar-refractivity contribution in [2.75, 3.05) is 26.7 Å². The Morgan fingerprint density at radius 3 is 2.84 bits per heavy atom. The van der Waals surface area contributed by atoms with Crippen LogP contribution >= 0.6 is 15.9 Å². The summed E-state index contributed by atoms with van der Waals surface area (Å²) in [6.45, 7) is 6.97. The van der Waals surface area contributed by atoms with Gasteiger partial charge in [0.15, 0.2) is 0 Å². The molecule has 1 aromatic rings. The molecule has 1 heterocycles. The molecule has 0 spiro atoms. The van der Waals surface area contributed by atoms with E-state index in [1.54, 1.807) is 0 Å². The lowest BCUT2D eigenvalue weighted by Gasteiger charge is -2.28. The SMILES string of the molecule is Cc1ccc(Br)cc1C(=O)N1CCCN(C)CC1C. The van der Waals surface area contributed by atoms with Crippen LogP contribution in [0.5, 0.6) is 0 Å². The molecule has 1 atom stereocenters. The Kier molecular flexibility index (Phi) is 4.63. The second kappa shape index (κ2) is 6.06. The van der Waals surface area contributed by atoms with Crippen LogP contribution in [0.1, 0.15) is 29.3 Å². The number of hydrogen-bond acceptors (Lipinski definition) is 2. The first kappa shape index (κ1) is 14.5. The summed E-state index contributed by atoms with van der Waals surface area (Å²) in [6, 6.07) is 6.16. The molecule has 104 valence electrons. The van der Waals surface area contributed by atoms with Crippen molar-refractivity contribution in [1.29, 1.82) is 0 Å². The number of carbonyl (C=O) groups excluding carboxylic acids is 1. The van der Waals surface area contributed by atoms with Gasteiger partial charge in [0.1, 0.15) is 0 Å². The first-order valence-corrected chi connectivity index (χ1v) is 7.54. The molecule has 2 rings (SSSR count). The van der Waals surface area contributed by atoms with Gasteiger partial charge in [-0.1, -0.05) is 22.0 Å². The van der Waals surface area contributed by atoms with Crippen molar-refractivity contribution in [3.05, 3.63) is 33.8 Å². The minimum Gasteiger partial charge on any atom is -0.335 e. The molecule has 0 aliphatic carbocycles. The van der Waals surface area contributed by atoms with Gasteiger partial charge in [-0.15, -0.1) is 0 Å². The number of carbonyl (C=O) groups is 1. The fraction of sp³-hybridized carbons (Fsp3) is 0.533. The zero-order chi connectivity index (χ0) is 14.0. The van der Waals surface area contributed by atoms with E-state index in [0.29, 0.717) is 0 Å². The third-order valence-electron chi connectivity index (χ3n) is 3.74. The lowest BCUT2D eigenvalue weighted by molar-refractivity contribution is 0.0695. The highest BCUT2D eigenvalue weighted by atomic mass is 79.9. The summed E-state index contributed by atoms with van der Waals surface area (Å²) in [6.07, 6.45) is 1.04. The average Bonchev–Trinajstić information content (AvgIpc) is 2.52. The highest BCUT2D eigenvalue weighted by Crippen LogP contribution is 2.20. The van der Waals surface area contributed by atoms with Gasteiger partial charge in [-0.2, -0.15) is 0 Å². The Balaban J connectivity index is 2.25. The maximum atomic E-state index is 12.7. The highest BCUT2D eigenvalue weighted by Gasteiger charge is 2.25. The largest absolute Gasteiger partial charge is 0.335 e.